The summed E-state index contributed by atoms with van der Waals surface area (Å²) >= 11 is 1.58. The molecule has 0 radical (unpaired) electrons. The van der Waals surface area contributed by atoms with Gasteiger partial charge in [0.2, 0.25) is 0 Å². The van der Waals surface area contributed by atoms with Crippen molar-refractivity contribution in [1.29, 1.82) is 0 Å². The third kappa shape index (κ3) is 9.57. The van der Waals surface area contributed by atoms with Gasteiger partial charge in [0.1, 0.15) is 78.1 Å². The molecule has 0 aliphatic carbocycles. The number of carbonyl (C=O) groups is 2. The molecule has 304 valence electrons. The topological polar surface area (TPSA) is 305 Å². The highest BCUT2D eigenvalue weighted by Crippen LogP contribution is 2.34. The maximum Gasteiger partial charge on any atom is 0.312 e. The van der Waals surface area contributed by atoms with Gasteiger partial charge >= 0.3 is 5.97 Å². The Hall–Kier alpha value is -4.42. The number of aliphatic hydroxyl groups is 4. The molecule has 0 aromatic carbocycles. The van der Waals surface area contributed by atoms with Crippen LogP contribution in [0.15, 0.2) is 50.6 Å². The van der Waals surface area contributed by atoms with E-state index in [1.807, 2.05) is 6.92 Å². The van der Waals surface area contributed by atoms with Gasteiger partial charge in [0.25, 0.3) is 0 Å². The van der Waals surface area contributed by atoms with Crippen LogP contribution in [0.3, 0.4) is 0 Å². The van der Waals surface area contributed by atoms with E-state index in [1.165, 1.54) is 29.9 Å². The molecule has 0 spiro atoms. The molecule has 7 rings (SSSR count). The number of nitrogens with two attached hydrogens (primary N) is 2. The van der Waals surface area contributed by atoms with Crippen LogP contribution in [0, 0.1) is 11.8 Å². The lowest BCUT2D eigenvalue weighted by Crippen LogP contribution is -2.40. The van der Waals surface area contributed by atoms with E-state index in [4.69, 9.17) is 20.9 Å². The summed E-state index contributed by atoms with van der Waals surface area (Å²) in [5.74, 6) is 1.52. The SMILES string of the molecule is C=CCSC[C@H]1O[C@@H](n2cnc3c(N)ncnc32)[C@@H](O)C1O.C=CC[S+](C[C@H](C)C(=O)[O-])C[C@H]1O[C@@H](n2cnc3c(N)ncnc32)[C@@H](O)C1O.C[C@H]1COC1=O. The molecule has 3 unspecified atom stereocenters. The van der Waals surface area contributed by atoms with E-state index >= 15 is 0 Å². The largest absolute Gasteiger partial charge is 0.550 e. The fraction of sp³-hybridized carbons (Fsp3) is 0.529. The van der Waals surface area contributed by atoms with Gasteiger partial charge in [0, 0.05) is 23.4 Å². The van der Waals surface area contributed by atoms with Crippen molar-refractivity contribution in [3.8, 4) is 0 Å². The molecule has 3 fully saturated rings. The Morgan fingerprint density at radius 1 is 0.929 bits per heavy atom. The second kappa shape index (κ2) is 19.1. The van der Waals surface area contributed by atoms with Gasteiger partial charge in [-0.25, -0.2) is 29.9 Å². The quantitative estimate of drug-likeness (QED) is 0.0381. The number of fused-ring (bicyclic) bond motifs is 2. The number of hydrogen-bond donors (Lipinski definition) is 6. The van der Waals surface area contributed by atoms with Crippen LogP contribution in [0.2, 0.25) is 0 Å². The molecule has 11 atom stereocenters. The molecule has 0 amide bonds. The Balaban J connectivity index is 0.000000190. The second-order valence-electron chi connectivity index (χ2n) is 13.2. The molecule has 4 aromatic rings. The number of anilines is 2. The van der Waals surface area contributed by atoms with Crippen molar-refractivity contribution in [3.05, 3.63) is 50.6 Å². The van der Waals surface area contributed by atoms with Crippen molar-refractivity contribution in [1.82, 2.24) is 39.0 Å². The van der Waals surface area contributed by atoms with Crippen molar-refractivity contribution < 1.29 is 49.3 Å². The fourth-order valence-corrected chi connectivity index (χ4v) is 9.05. The van der Waals surface area contributed by atoms with Gasteiger partial charge in [-0.1, -0.05) is 19.6 Å². The van der Waals surface area contributed by atoms with Crippen molar-refractivity contribution in [3.63, 3.8) is 0 Å². The van der Waals surface area contributed by atoms with Gasteiger partial charge in [-0.15, -0.1) is 6.58 Å². The lowest BCUT2D eigenvalue weighted by molar-refractivity contribution is -0.310. The summed E-state index contributed by atoms with van der Waals surface area (Å²) in [5, 5.41) is 52.5. The highest BCUT2D eigenvalue weighted by molar-refractivity contribution is 7.99. The number of nitrogen functional groups attached to an aromatic ring is 2. The molecule has 56 heavy (non-hydrogen) atoms. The molecule has 22 heteroatoms. The third-order valence-corrected chi connectivity index (χ3v) is 12.5. The highest BCUT2D eigenvalue weighted by Gasteiger charge is 2.47. The number of rotatable bonds is 13. The van der Waals surface area contributed by atoms with Crippen LogP contribution < -0.4 is 16.6 Å². The number of carbonyl (C=O) groups excluding carboxylic acids is 2. The number of esters is 1. The third-order valence-electron chi connectivity index (χ3n) is 9.03. The summed E-state index contributed by atoms with van der Waals surface area (Å²) in [5.41, 5.74) is 13.2. The van der Waals surface area contributed by atoms with Crippen LogP contribution in [0.25, 0.3) is 22.3 Å². The number of aliphatic hydroxyl groups excluding tert-OH is 4. The number of carboxylic acid groups (broad SMARTS) is 1. The van der Waals surface area contributed by atoms with Gasteiger partial charge in [-0.2, -0.15) is 11.8 Å². The van der Waals surface area contributed by atoms with E-state index in [-0.39, 0.29) is 23.5 Å². The standard InChI is InChI=1S/C17H23N5O5S.C13H17N5O3S.C4H6O2/c1-3-4-28(5-9(2)17(25)26)6-10-12(23)13(24)16(27-10)22-8-21-11-14(18)19-7-20-15(11)22;1-2-3-22-4-7-9(19)10(20)13(21-7)18-6-17-8-11(14)15-5-16-12(8)18;1-3-2-6-4(3)5/h3,7-10,12-13,16,23-24H,1,4-6H2,2H3,(H2-,18,19,20,25,26);2,5-7,9-10,13,19-20H,1,3-4H2,(H2,14,15,16);3H,2H2,1H3/t9-,10+,12?,13-,16+,28?;7-,9?,10+,13-;3-/m010/s1. The number of nitrogens with zero attached hydrogens (tertiary/aromatic N) is 8. The van der Waals surface area contributed by atoms with Crippen LogP contribution in [0.1, 0.15) is 26.3 Å². The average molecular weight is 819 g/mol. The molecular weight excluding hydrogens is 773 g/mol. The first-order chi connectivity index (χ1) is 26.8. The number of aliphatic carboxylic acids is 1. The molecule has 3 saturated heterocycles. The zero-order valence-electron chi connectivity index (χ0n) is 30.7. The van der Waals surface area contributed by atoms with E-state index in [9.17, 15) is 35.1 Å². The first-order valence-corrected chi connectivity index (χ1v) is 20.4. The van der Waals surface area contributed by atoms with Gasteiger partial charge < -0.3 is 56.0 Å². The number of carboxylic acids is 1. The summed E-state index contributed by atoms with van der Waals surface area (Å²) in [7, 11) is -0.399. The second-order valence-corrected chi connectivity index (χ2v) is 16.5. The Labute approximate surface area is 328 Å². The molecule has 20 nitrogen and oxygen atoms in total. The average Bonchev–Trinajstić information content (AvgIpc) is 3.94. The predicted molar refractivity (Wildman–Crippen MR) is 205 cm³/mol. The molecule has 3 aliphatic rings. The highest BCUT2D eigenvalue weighted by atomic mass is 32.2. The zero-order chi connectivity index (χ0) is 40.7. The van der Waals surface area contributed by atoms with Gasteiger partial charge in [0.15, 0.2) is 35.4 Å². The first-order valence-electron chi connectivity index (χ1n) is 17.5. The van der Waals surface area contributed by atoms with Gasteiger partial charge in [-0.05, 0) is 23.9 Å². The number of imidazole rings is 2. The number of hydrogen-bond acceptors (Lipinski definition) is 19. The van der Waals surface area contributed by atoms with Crippen molar-refractivity contribution in [2.75, 3.05) is 46.8 Å². The number of ether oxygens (including phenoxy) is 3. The lowest BCUT2D eigenvalue weighted by atomic mass is 10.1. The summed E-state index contributed by atoms with van der Waals surface area (Å²) < 4.78 is 19.2. The van der Waals surface area contributed by atoms with E-state index < -0.39 is 71.9 Å². The minimum absolute atomic E-state index is 0.0602. The summed E-state index contributed by atoms with van der Waals surface area (Å²) in [6.07, 6.45) is 1.83. The summed E-state index contributed by atoms with van der Waals surface area (Å²) in [6.45, 7) is 11.4. The number of cyclic esters (lactones) is 1. The van der Waals surface area contributed by atoms with Gasteiger partial charge in [-0.3, -0.25) is 13.9 Å². The fourth-order valence-electron chi connectivity index (χ4n) is 5.92. The minimum atomic E-state index is -1.20. The number of aromatic nitrogens is 8. The monoisotopic (exact) mass is 818 g/mol. The summed E-state index contributed by atoms with van der Waals surface area (Å²) in [4.78, 5) is 45.4. The maximum atomic E-state index is 11.1. The molecular formula is C34H46N10O10S2. The van der Waals surface area contributed by atoms with Crippen LogP contribution in [-0.2, 0) is 34.7 Å². The van der Waals surface area contributed by atoms with Crippen LogP contribution in [0.4, 0.5) is 11.6 Å². The Morgan fingerprint density at radius 3 is 1.89 bits per heavy atom. The summed E-state index contributed by atoms with van der Waals surface area (Å²) in [6, 6.07) is 0. The number of thioether (sulfide) groups is 1. The Bertz CT molecular complexity index is 1990. The molecule has 8 N–H and O–H groups in total. The van der Waals surface area contributed by atoms with E-state index in [0.29, 0.717) is 51.9 Å². The van der Waals surface area contributed by atoms with Crippen molar-refractivity contribution in [2.24, 2.45) is 11.8 Å². The Morgan fingerprint density at radius 2 is 1.45 bits per heavy atom. The van der Waals surface area contributed by atoms with Crippen molar-refractivity contribution in [2.45, 2.75) is 62.9 Å². The van der Waals surface area contributed by atoms with E-state index in [2.05, 4.69) is 47.8 Å². The lowest BCUT2D eigenvalue weighted by Gasteiger charge is -2.19. The first kappa shape index (κ1) is 42.7. The van der Waals surface area contributed by atoms with Crippen molar-refractivity contribution >= 4 is 68.6 Å². The van der Waals surface area contributed by atoms with Crippen LogP contribution >= 0.6 is 11.8 Å². The van der Waals surface area contributed by atoms with Crippen LogP contribution in [-0.4, -0.2) is 143 Å². The normalized spacial score (nSPS) is 28.0. The van der Waals surface area contributed by atoms with E-state index in [0.717, 1.165) is 5.75 Å². The predicted octanol–water partition coefficient (Wildman–Crippen LogP) is -1.66. The van der Waals surface area contributed by atoms with Crippen LogP contribution in [0.5, 0.6) is 0 Å². The maximum absolute atomic E-state index is 11.1. The Kier molecular flexibility index (Phi) is 14.6. The van der Waals surface area contributed by atoms with E-state index in [1.54, 1.807) is 35.4 Å². The molecule has 7 heterocycles. The smallest absolute Gasteiger partial charge is 0.312 e. The molecule has 3 aliphatic heterocycles. The van der Waals surface area contributed by atoms with Gasteiger partial charge in [0.05, 0.1) is 24.7 Å². The molecule has 0 saturated carbocycles. The zero-order valence-corrected chi connectivity index (χ0v) is 32.3. The minimum Gasteiger partial charge on any atom is -0.550 e. The molecule has 4 aromatic heterocycles. The molecule has 0 bridgehead atoms.